The molecule has 4 nitrogen and oxygen atoms in total. The van der Waals surface area contributed by atoms with Crippen LogP contribution in [0.3, 0.4) is 0 Å². The van der Waals surface area contributed by atoms with Crippen molar-refractivity contribution in [1.82, 2.24) is 5.43 Å². The predicted molar refractivity (Wildman–Crippen MR) is 76.9 cm³/mol. The van der Waals surface area contributed by atoms with Crippen molar-refractivity contribution in [3.8, 4) is 5.75 Å². The van der Waals surface area contributed by atoms with Crippen molar-refractivity contribution in [2.45, 2.75) is 52.6 Å². The number of hydrazine groups is 1. The van der Waals surface area contributed by atoms with Crippen molar-refractivity contribution in [2.24, 2.45) is 5.84 Å². The van der Waals surface area contributed by atoms with Crippen LogP contribution in [0.1, 0.15) is 45.7 Å². The van der Waals surface area contributed by atoms with Crippen LogP contribution in [0.2, 0.25) is 0 Å². The normalized spacial score (nSPS) is 12.9. The highest BCUT2D eigenvalue weighted by atomic mass is 16.5. The van der Waals surface area contributed by atoms with Gasteiger partial charge in [-0.15, -0.1) is 0 Å². The summed E-state index contributed by atoms with van der Waals surface area (Å²) in [5, 5.41) is 0. The van der Waals surface area contributed by atoms with Gasteiger partial charge in [-0.1, -0.05) is 39.8 Å². The molecule has 1 aromatic rings. The Balaban J connectivity index is 3.10. The van der Waals surface area contributed by atoms with Crippen LogP contribution in [0.5, 0.6) is 5.75 Å². The molecule has 0 aliphatic carbocycles. The van der Waals surface area contributed by atoms with Gasteiger partial charge in [0, 0.05) is 0 Å². The van der Waals surface area contributed by atoms with E-state index < -0.39 is 6.10 Å². The summed E-state index contributed by atoms with van der Waals surface area (Å²) in [6.07, 6.45) is 0.362. The minimum Gasteiger partial charge on any atom is -0.481 e. The quantitative estimate of drug-likeness (QED) is 0.498. The van der Waals surface area contributed by atoms with Crippen molar-refractivity contribution in [1.29, 1.82) is 0 Å². The largest absolute Gasteiger partial charge is 0.481 e. The number of benzene rings is 1. The number of carbonyl (C=O) groups excluding carboxylic acids is 1. The molecule has 19 heavy (non-hydrogen) atoms. The lowest BCUT2D eigenvalue weighted by molar-refractivity contribution is -0.127. The van der Waals surface area contributed by atoms with Gasteiger partial charge in [0.25, 0.3) is 5.91 Å². The number of carbonyl (C=O) groups is 1. The van der Waals surface area contributed by atoms with E-state index in [1.807, 2.05) is 12.1 Å². The molecule has 106 valence electrons. The van der Waals surface area contributed by atoms with Crippen LogP contribution in [-0.2, 0) is 16.6 Å². The summed E-state index contributed by atoms with van der Waals surface area (Å²) in [6.45, 7) is 10.2. The van der Waals surface area contributed by atoms with E-state index in [0.717, 1.165) is 17.7 Å². The molecule has 0 saturated heterocycles. The Morgan fingerprint density at radius 2 is 2.05 bits per heavy atom. The van der Waals surface area contributed by atoms with Crippen LogP contribution in [0, 0.1) is 0 Å². The van der Waals surface area contributed by atoms with Gasteiger partial charge in [0.2, 0.25) is 0 Å². The van der Waals surface area contributed by atoms with Crippen molar-refractivity contribution < 1.29 is 9.53 Å². The van der Waals surface area contributed by atoms with Gasteiger partial charge < -0.3 is 4.74 Å². The Bertz CT molecular complexity index is 450. The Labute approximate surface area is 115 Å². The van der Waals surface area contributed by atoms with E-state index in [1.54, 1.807) is 6.92 Å². The van der Waals surface area contributed by atoms with Crippen LogP contribution >= 0.6 is 0 Å². The van der Waals surface area contributed by atoms with E-state index >= 15 is 0 Å². The molecule has 0 radical (unpaired) electrons. The summed E-state index contributed by atoms with van der Waals surface area (Å²) < 4.78 is 5.73. The van der Waals surface area contributed by atoms with Crippen molar-refractivity contribution >= 4 is 5.91 Å². The second-order valence-electron chi connectivity index (χ2n) is 5.70. The molecule has 1 aromatic carbocycles. The van der Waals surface area contributed by atoms with E-state index in [0.29, 0.717) is 0 Å². The van der Waals surface area contributed by atoms with Gasteiger partial charge >= 0.3 is 0 Å². The summed E-state index contributed by atoms with van der Waals surface area (Å²) in [5.74, 6) is 5.52. The second kappa shape index (κ2) is 6.06. The van der Waals surface area contributed by atoms with Crippen LogP contribution in [0.15, 0.2) is 18.2 Å². The maximum absolute atomic E-state index is 11.4. The molecule has 1 amide bonds. The molecule has 0 fully saturated rings. The van der Waals surface area contributed by atoms with Gasteiger partial charge in [-0.05, 0) is 36.0 Å². The monoisotopic (exact) mass is 264 g/mol. The number of nitrogens with one attached hydrogen (secondary N) is 1. The first-order valence-electron chi connectivity index (χ1n) is 6.60. The number of nitrogens with two attached hydrogens (primary N) is 1. The lowest BCUT2D eigenvalue weighted by atomic mass is 9.85. The second-order valence-corrected chi connectivity index (χ2v) is 5.70. The number of rotatable bonds is 4. The van der Waals surface area contributed by atoms with Crippen LogP contribution < -0.4 is 16.0 Å². The summed E-state index contributed by atoms with van der Waals surface area (Å²) in [5.41, 5.74) is 4.42. The molecular formula is C15H24N2O2. The first kappa shape index (κ1) is 15.5. The Kier molecular flexibility index (Phi) is 4.95. The van der Waals surface area contributed by atoms with Crippen LogP contribution in [-0.4, -0.2) is 12.0 Å². The fourth-order valence-electron chi connectivity index (χ4n) is 1.85. The first-order valence-corrected chi connectivity index (χ1v) is 6.60. The smallest absolute Gasteiger partial charge is 0.274 e. The summed E-state index contributed by atoms with van der Waals surface area (Å²) >= 11 is 0. The molecule has 0 bridgehead atoms. The number of aryl methyl sites for hydroxylation is 1. The van der Waals surface area contributed by atoms with E-state index in [1.165, 1.54) is 5.56 Å². The molecule has 0 saturated carbocycles. The maximum Gasteiger partial charge on any atom is 0.274 e. The van der Waals surface area contributed by atoms with E-state index in [9.17, 15) is 4.79 Å². The predicted octanol–water partition coefficient (Wildman–Crippen LogP) is 2.30. The molecule has 4 heteroatoms. The lowest BCUT2D eigenvalue weighted by Crippen LogP contribution is -2.40. The Morgan fingerprint density at radius 1 is 1.42 bits per heavy atom. The number of ether oxygens (including phenoxy) is 1. The molecule has 3 N–H and O–H groups in total. The Morgan fingerprint density at radius 3 is 2.53 bits per heavy atom. The molecular weight excluding hydrogens is 240 g/mol. The standard InChI is InChI=1S/C15H24N2O2/c1-6-11-7-8-13(12(9-11)15(3,4)5)19-10(2)14(18)17-16/h7-10H,6,16H2,1-5H3,(H,17,18). The van der Waals surface area contributed by atoms with Crippen molar-refractivity contribution in [3.05, 3.63) is 29.3 Å². The van der Waals surface area contributed by atoms with Gasteiger partial charge in [-0.2, -0.15) is 0 Å². The van der Waals surface area contributed by atoms with E-state index in [4.69, 9.17) is 10.6 Å². The Hall–Kier alpha value is -1.55. The molecule has 0 aromatic heterocycles. The zero-order chi connectivity index (χ0) is 14.6. The third kappa shape index (κ3) is 3.96. The van der Waals surface area contributed by atoms with Crippen LogP contribution in [0.4, 0.5) is 0 Å². The third-order valence-corrected chi connectivity index (χ3v) is 3.08. The number of hydrogen-bond donors (Lipinski definition) is 2. The molecule has 0 aliphatic rings. The fraction of sp³-hybridized carbons (Fsp3) is 0.533. The first-order chi connectivity index (χ1) is 8.79. The summed E-state index contributed by atoms with van der Waals surface area (Å²) in [6, 6.07) is 6.10. The summed E-state index contributed by atoms with van der Waals surface area (Å²) in [4.78, 5) is 11.4. The van der Waals surface area contributed by atoms with Crippen molar-refractivity contribution in [3.63, 3.8) is 0 Å². The summed E-state index contributed by atoms with van der Waals surface area (Å²) in [7, 11) is 0. The zero-order valence-corrected chi connectivity index (χ0v) is 12.4. The lowest BCUT2D eigenvalue weighted by Gasteiger charge is -2.25. The minimum absolute atomic E-state index is 0.0422. The fourth-order valence-corrected chi connectivity index (χ4v) is 1.85. The van der Waals surface area contributed by atoms with Gasteiger partial charge in [0.05, 0.1) is 0 Å². The molecule has 1 rings (SSSR count). The van der Waals surface area contributed by atoms with Gasteiger partial charge in [-0.25, -0.2) is 5.84 Å². The minimum atomic E-state index is -0.612. The molecule has 1 unspecified atom stereocenters. The topological polar surface area (TPSA) is 64.3 Å². The molecule has 0 spiro atoms. The van der Waals surface area contributed by atoms with Gasteiger partial charge in [0.1, 0.15) is 5.75 Å². The van der Waals surface area contributed by atoms with Crippen molar-refractivity contribution in [2.75, 3.05) is 0 Å². The SMILES string of the molecule is CCc1ccc(OC(C)C(=O)NN)c(C(C)(C)C)c1. The number of amides is 1. The third-order valence-electron chi connectivity index (χ3n) is 3.08. The highest BCUT2D eigenvalue weighted by Gasteiger charge is 2.22. The molecule has 1 atom stereocenters. The molecule has 0 aliphatic heterocycles. The van der Waals surface area contributed by atoms with E-state index in [2.05, 4.69) is 39.2 Å². The highest BCUT2D eigenvalue weighted by Crippen LogP contribution is 2.33. The highest BCUT2D eigenvalue weighted by molar-refractivity contribution is 5.80. The van der Waals surface area contributed by atoms with Crippen LogP contribution in [0.25, 0.3) is 0 Å². The zero-order valence-electron chi connectivity index (χ0n) is 12.4. The maximum atomic E-state index is 11.4. The van der Waals surface area contributed by atoms with E-state index in [-0.39, 0.29) is 11.3 Å². The van der Waals surface area contributed by atoms with Gasteiger partial charge in [0.15, 0.2) is 6.10 Å². The number of hydrogen-bond acceptors (Lipinski definition) is 3. The molecule has 0 heterocycles. The average molecular weight is 264 g/mol. The van der Waals surface area contributed by atoms with Gasteiger partial charge in [-0.3, -0.25) is 10.2 Å². The average Bonchev–Trinajstić information content (AvgIpc) is 2.36.